The molecule has 1 rings (SSSR count). The summed E-state index contributed by atoms with van der Waals surface area (Å²) in [6, 6.07) is -0.605. The van der Waals surface area contributed by atoms with Gasteiger partial charge in [-0.05, 0) is 6.42 Å². The molecule has 2 amide bonds. The number of aromatic amines is 1. The number of aromatic nitrogens is 2. The van der Waals surface area contributed by atoms with Crippen LogP contribution in [0.2, 0.25) is 0 Å². The summed E-state index contributed by atoms with van der Waals surface area (Å²) in [6.07, 6.45) is 0.616. The molecule has 154 valence electrons. The van der Waals surface area contributed by atoms with Gasteiger partial charge in [-0.2, -0.15) is 13.2 Å². The highest BCUT2D eigenvalue weighted by Gasteiger charge is 2.38. The number of carbonyl (C=O) groups excluding carboxylic acids is 2. The van der Waals surface area contributed by atoms with Crippen LogP contribution in [0, 0.1) is 0 Å². The molecular formula is C15H24F3N5O4. The standard InChI is InChI=1S/C13H23N5O2.C2HF3O2/c1-2-3-6-16-13(20)11(18-12(19)4-5-14)7-10-8-15-9-17-10;3-2(4,5)1(6)7/h8-9,11H,2-7,14H2,1H3,(H,15,17)(H,16,20)(H,18,19);(H,6,7)/t11-;/m0./s1. The van der Waals surface area contributed by atoms with Crippen LogP contribution < -0.4 is 16.4 Å². The first kappa shape index (κ1) is 24.4. The number of H-pyrrole nitrogens is 1. The molecule has 9 nitrogen and oxygen atoms in total. The van der Waals surface area contributed by atoms with Crippen molar-refractivity contribution in [3.8, 4) is 0 Å². The van der Waals surface area contributed by atoms with E-state index in [-0.39, 0.29) is 24.8 Å². The van der Waals surface area contributed by atoms with E-state index in [0.717, 1.165) is 18.5 Å². The molecule has 0 radical (unpaired) electrons. The van der Waals surface area contributed by atoms with Crippen LogP contribution in [0.1, 0.15) is 31.9 Å². The Morgan fingerprint density at radius 3 is 2.44 bits per heavy atom. The van der Waals surface area contributed by atoms with Gasteiger partial charge in [0, 0.05) is 37.8 Å². The number of amides is 2. The third-order valence-corrected chi connectivity index (χ3v) is 3.07. The molecule has 12 heteroatoms. The number of unbranched alkanes of at least 4 members (excludes halogenated alkanes) is 1. The molecule has 6 N–H and O–H groups in total. The summed E-state index contributed by atoms with van der Waals surface area (Å²) in [5, 5.41) is 12.7. The molecule has 1 heterocycles. The van der Waals surface area contributed by atoms with Gasteiger partial charge in [-0.15, -0.1) is 0 Å². The second-order valence-corrected chi connectivity index (χ2v) is 5.39. The predicted molar refractivity (Wildman–Crippen MR) is 89.5 cm³/mol. The Morgan fingerprint density at radius 2 is 2.00 bits per heavy atom. The highest BCUT2D eigenvalue weighted by molar-refractivity contribution is 5.87. The number of hydrogen-bond donors (Lipinski definition) is 5. The van der Waals surface area contributed by atoms with Crippen molar-refractivity contribution in [2.45, 2.75) is 44.8 Å². The van der Waals surface area contributed by atoms with E-state index in [4.69, 9.17) is 15.6 Å². The first-order valence-electron chi connectivity index (χ1n) is 8.16. The van der Waals surface area contributed by atoms with E-state index in [1.54, 1.807) is 12.5 Å². The SMILES string of the molecule is CCCCNC(=O)[C@H](Cc1cnc[nH]1)NC(=O)CCN.O=C(O)C(F)(F)F. The van der Waals surface area contributed by atoms with Crippen molar-refractivity contribution >= 4 is 17.8 Å². The fourth-order valence-electron chi connectivity index (χ4n) is 1.73. The van der Waals surface area contributed by atoms with E-state index in [1.807, 2.05) is 0 Å². The number of nitrogens with two attached hydrogens (primary N) is 1. The molecule has 1 atom stereocenters. The maximum atomic E-state index is 12.1. The molecule has 0 saturated heterocycles. The Bertz CT molecular complexity index is 579. The highest BCUT2D eigenvalue weighted by Crippen LogP contribution is 2.13. The summed E-state index contributed by atoms with van der Waals surface area (Å²) in [7, 11) is 0. The summed E-state index contributed by atoms with van der Waals surface area (Å²) < 4.78 is 31.7. The zero-order valence-corrected chi connectivity index (χ0v) is 14.8. The summed E-state index contributed by atoms with van der Waals surface area (Å²) in [6.45, 7) is 2.93. The smallest absolute Gasteiger partial charge is 0.475 e. The highest BCUT2D eigenvalue weighted by atomic mass is 19.4. The van der Waals surface area contributed by atoms with Crippen molar-refractivity contribution in [3.05, 3.63) is 18.2 Å². The van der Waals surface area contributed by atoms with Gasteiger partial charge in [-0.25, -0.2) is 9.78 Å². The van der Waals surface area contributed by atoms with Crippen LogP contribution in [-0.4, -0.2) is 58.2 Å². The number of alkyl halides is 3. The maximum Gasteiger partial charge on any atom is 0.490 e. The molecule has 0 aliphatic rings. The normalized spacial score (nSPS) is 11.7. The average molecular weight is 395 g/mol. The van der Waals surface area contributed by atoms with Crippen LogP contribution in [0.4, 0.5) is 13.2 Å². The van der Waals surface area contributed by atoms with Gasteiger partial charge in [-0.1, -0.05) is 13.3 Å². The van der Waals surface area contributed by atoms with Gasteiger partial charge >= 0.3 is 12.1 Å². The lowest BCUT2D eigenvalue weighted by Gasteiger charge is -2.17. The largest absolute Gasteiger partial charge is 0.490 e. The number of nitrogens with zero attached hydrogens (tertiary/aromatic N) is 1. The molecule has 0 aliphatic heterocycles. The number of carboxylic acid groups (broad SMARTS) is 1. The Morgan fingerprint density at radius 1 is 1.37 bits per heavy atom. The molecule has 0 aromatic carbocycles. The number of nitrogens with one attached hydrogen (secondary N) is 3. The van der Waals surface area contributed by atoms with Crippen molar-refractivity contribution in [1.82, 2.24) is 20.6 Å². The van der Waals surface area contributed by atoms with E-state index in [0.29, 0.717) is 13.0 Å². The molecule has 0 saturated carbocycles. The number of carbonyl (C=O) groups is 3. The maximum absolute atomic E-state index is 12.1. The van der Waals surface area contributed by atoms with Crippen LogP contribution in [0.5, 0.6) is 0 Å². The number of rotatable bonds is 9. The number of imidazole rings is 1. The summed E-state index contributed by atoms with van der Waals surface area (Å²) in [5.41, 5.74) is 6.14. The van der Waals surface area contributed by atoms with Gasteiger partial charge < -0.3 is 26.5 Å². The number of hydrogen-bond acceptors (Lipinski definition) is 5. The number of carboxylic acids is 1. The Hall–Kier alpha value is -2.63. The summed E-state index contributed by atoms with van der Waals surface area (Å²) in [4.78, 5) is 39.4. The molecule has 1 aromatic heterocycles. The van der Waals surface area contributed by atoms with E-state index < -0.39 is 18.2 Å². The van der Waals surface area contributed by atoms with Crippen molar-refractivity contribution in [1.29, 1.82) is 0 Å². The third kappa shape index (κ3) is 11.6. The molecule has 0 spiro atoms. The van der Waals surface area contributed by atoms with Crippen LogP contribution >= 0.6 is 0 Å². The van der Waals surface area contributed by atoms with Crippen molar-refractivity contribution in [2.75, 3.05) is 13.1 Å². The van der Waals surface area contributed by atoms with E-state index in [9.17, 15) is 22.8 Å². The van der Waals surface area contributed by atoms with Gasteiger partial charge in [0.2, 0.25) is 11.8 Å². The predicted octanol–water partition coefficient (Wildman–Crippen LogP) is 0.335. The fourth-order valence-corrected chi connectivity index (χ4v) is 1.73. The van der Waals surface area contributed by atoms with E-state index in [2.05, 4.69) is 27.5 Å². The lowest BCUT2D eigenvalue weighted by Crippen LogP contribution is -2.48. The number of aliphatic carboxylic acids is 1. The second kappa shape index (κ2) is 12.7. The van der Waals surface area contributed by atoms with Gasteiger partial charge in [0.1, 0.15) is 6.04 Å². The number of halogens is 3. The molecular weight excluding hydrogens is 371 g/mol. The lowest BCUT2D eigenvalue weighted by molar-refractivity contribution is -0.192. The minimum atomic E-state index is -5.08. The van der Waals surface area contributed by atoms with E-state index >= 15 is 0 Å². The first-order valence-corrected chi connectivity index (χ1v) is 8.16. The molecule has 27 heavy (non-hydrogen) atoms. The first-order chi connectivity index (χ1) is 12.6. The Balaban J connectivity index is 0.000000821. The van der Waals surface area contributed by atoms with Gasteiger partial charge in [0.05, 0.1) is 6.33 Å². The molecule has 0 aliphatic carbocycles. The Kier molecular flexibility index (Phi) is 11.4. The van der Waals surface area contributed by atoms with Gasteiger partial charge in [0.25, 0.3) is 0 Å². The minimum Gasteiger partial charge on any atom is -0.475 e. The molecule has 1 aromatic rings. The minimum absolute atomic E-state index is 0.182. The lowest BCUT2D eigenvalue weighted by atomic mass is 10.1. The zero-order chi connectivity index (χ0) is 20.9. The van der Waals surface area contributed by atoms with Crippen LogP contribution in [0.3, 0.4) is 0 Å². The van der Waals surface area contributed by atoms with Gasteiger partial charge in [0.15, 0.2) is 0 Å². The molecule has 0 fully saturated rings. The average Bonchev–Trinajstić information content (AvgIpc) is 3.07. The summed E-state index contributed by atoms with van der Waals surface area (Å²) >= 11 is 0. The van der Waals surface area contributed by atoms with Crippen LogP contribution in [0.15, 0.2) is 12.5 Å². The van der Waals surface area contributed by atoms with Crippen LogP contribution in [0.25, 0.3) is 0 Å². The molecule has 0 bridgehead atoms. The van der Waals surface area contributed by atoms with Crippen molar-refractivity contribution < 1.29 is 32.7 Å². The monoisotopic (exact) mass is 395 g/mol. The second-order valence-electron chi connectivity index (χ2n) is 5.39. The third-order valence-electron chi connectivity index (χ3n) is 3.07. The fraction of sp³-hybridized carbons (Fsp3) is 0.600. The van der Waals surface area contributed by atoms with Crippen molar-refractivity contribution in [2.24, 2.45) is 5.73 Å². The van der Waals surface area contributed by atoms with E-state index in [1.165, 1.54) is 0 Å². The molecule has 0 unspecified atom stereocenters. The Labute approximate surface area is 153 Å². The summed E-state index contributed by atoms with van der Waals surface area (Å²) in [5.74, 6) is -3.16. The quantitative estimate of drug-likeness (QED) is 0.380. The van der Waals surface area contributed by atoms with Gasteiger partial charge in [-0.3, -0.25) is 9.59 Å². The van der Waals surface area contributed by atoms with Crippen LogP contribution in [-0.2, 0) is 20.8 Å². The topological polar surface area (TPSA) is 150 Å². The van der Waals surface area contributed by atoms with Crippen molar-refractivity contribution in [3.63, 3.8) is 0 Å². The zero-order valence-electron chi connectivity index (χ0n) is 14.8.